The van der Waals surface area contributed by atoms with Crippen LogP contribution in [0.25, 0.3) is 0 Å². The molecule has 2 aromatic rings. The van der Waals surface area contributed by atoms with Crippen LogP contribution in [0.4, 0.5) is 18.9 Å². The van der Waals surface area contributed by atoms with Gasteiger partial charge < -0.3 is 5.32 Å². The van der Waals surface area contributed by atoms with Crippen molar-refractivity contribution >= 4 is 23.2 Å². The standard InChI is InChI=1S/C16H12ClF3N2O3/c1-9(10-2-4-11(5-3-10)16(18,19)20)21-15(23)13-7-6-12(22(24)25)8-14(13)17/h2-9H,1H3,(H,21,23). The Morgan fingerprint density at radius 2 is 1.80 bits per heavy atom. The van der Waals surface area contributed by atoms with Gasteiger partial charge in [0.25, 0.3) is 11.6 Å². The molecule has 1 N–H and O–H groups in total. The highest BCUT2D eigenvalue weighted by atomic mass is 35.5. The van der Waals surface area contributed by atoms with Gasteiger partial charge in [0.15, 0.2) is 0 Å². The number of rotatable bonds is 4. The van der Waals surface area contributed by atoms with Gasteiger partial charge in [-0.05, 0) is 30.7 Å². The first kappa shape index (κ1) is 18.7. The predicted octanol–water partition coefficient (Wildman–Crippen LogP) is 4.76. The summed E-state index contributed by atoms with van der Waals surface area (Å²) < 4.78 is 37.7. The van der Waals surface area contributed by atoms with Crippen molar-refractivity contribution in [3.8, 4) is 0 Å². The lowest BCUT2D eigenvalue weighted by molar-refractivity contribution is -0.384. The molecule has 1 atom stereocenters. The molecule has 2 aromatic carbocycles. The number of hydrogen-bond acceptors (Lipinski definition) is 3. The van der Waals surface area contributed by atoms with E-state index < -0.39 is 28.6 Å². The second-order valence-corrected chi connectivity index (χ2v) is 5.64. The molecule has 0 saturated carbocycles. The van der Waals surface area contributed by atoms with Crippen molar-refractivity contribution < 1.29 is 22.9 Å². The highest BCUT2D eigenvalue weighted by molar-refractivity contribution is 6.34. The van der Waals surface area contributed by atoms with Crippen molar-refractivity contribution in [2.75, 3.05) is 0 Å². The summed E-state index contributed by atoms with van der Waals surface area (Å²) in [4.78, 5) is 22.2. The molecule has 0 saturated heterocycles. The Morgan fingerprint density at radius 1 is 1.20 bits per heavy atom. The minimum Gasteiger partial charge on any atom is -0.345 e. The van der Waals surface area contributed by atoms with Crippen LogP contribution in [-0.4, -0.2) is 10.8 Å². The Balaban J connectivity index is 2.13. The quantitative estimate of drug-likeness (QED) is 0.621. The van der Waals surface area contributed by atoms with E-state index in [4.69, 9.17) is 11.6 Å². The van der Waals surface area contributed by atoms with E-state index in [1.807, 2.05) is 0 Å². The molecular weight excluding hydrogens is 361 g/mol. The zero-order valence-corrected chi connectivity index (χ0v) is 13.6. The minimum absolute atomic E-state index is 0.0334. The fourth-order valence-electron chi connectivity index (χ4n) is 2.12. The second-order valence-electron chi connectivity index (χ2n) is 5.24. The number of nitrogens with one attached hydrogen (secondary N) is 1. The third-order valence-electron chi connectivity index (χ3n) is 3.49. The summed E-state index contributed by atoms with van der Waals surface area (Å²) in [7, 11) is 0. The van der Waals surface area contributed by atoms with Gasteiger partial charge in [0.1, 0.15) is 0 Å². The molecule has 0 bridgehead atoms. The Hall–Kier alpha value is -2.61. The Morgan fingerprint density at radius 3 is 2.28 bits per heavy atom. The van der Waals surface area contributed by atoms with Crippen molar-refractivity contribution in [3.63, 3.8) is 0 Å². The van der Waals surface area contributed by atoms with E-state index in [2.05, 4.69) is 5.32 Å². The van der Waals surface area contributed by atoms with Gasteiger partial charge >= 0.3 is 6.18 Å². The van der Waals surface area contributed by atoms with Gasteiger partial charge in [-0.15, -0.1) is 0 Å². The Bertz CT molecular complexity index is 807. The van der Waals surface area contributed by atoms with Gasteiger partial charge in [0.2, 0.25) is 0 Å². The van der Waals surface area contributed by atoms with E-state index in [0.717, 1.165) is 24.3 Å². The van der Waals surface area contributed by atoms with Crippen LogP contribution in [0, 0.1) is 10.1 Å². The van der Waals surface area contributed by atoms with Crippen molar-refractivity contribution in [1.82, 2.24) is 5.32 Å². The maximum absolute atomic E-state index is 12.6. The summed E-state index contributed by atoms with van der Waals surface area (Å²) in [6.45, 7) is 1.60. The van der Waals surface area contributed by atoms with E-state index in [1.165, 1.54) is 18.2 Å². The van der Waals surface area contributed by atoms with Gasteiger partial charge in [-0.25, -0.2) is 0 Å². The van der Waals surface area contributed by atoms with Crippen LogP contribution >= 0.6 is 11.6 Å². The molecule has 0 aliphatic carbocycles. The molecule has 0 aliphatic heterocycles. The summed E-state index contributed by atoms with van der Waals surface area (Å²) in [5.41, 5.74) is -0.532. The van der Waals surface area contributed by atoms with Crippen molar-refractivity contribution in [3.05, 3.63) is 74.3 Å². The molecule has 1 unspecified atom stereocenters. The summed E-state index contributed by atoms with van der Waals surface area (Å²) >= 11 is 5.88. The number of nitro benzene ring substituents is 1. The van der Waals surface area contributed by atoms with Crippen LogP contribution in [0.3, 0.4) is 0 Å². The van der Waals surface area contributed by atoms with Gasteiger partial charge in [0.05, 0.1) is 27.1 Å². The zero-order chi connectivity index (χ0) is 18.8. The third kappa shape index (κ3) is 4.48. The molecule has 132 valence electrons. The molecule has 0 radical (unpaired) electrons. The Kier molecular flexibility index (Phi) is 5.32. The van der Waals surface area contributed by atoms with Crippen molar-refractivity contribution in [2.45, 2.75) is 19.1 Å². The average Bonchev–Trinajstić information content (AvgIpc) is 2.53. The van der Waals surface area contributed by atoms with Crippen LogP contribution in [-0.2, 0) is 6.18 Å². The molecule has 9 heteroatoms. The molecule has 0 heterocycles. The van der Waals surface area contributed by atoms with Crippen LogP contribution in [0.15, 0.2) is 42.5 Å². The van der Waals surface area contributed by atoms with Crippen molar-refractivity contribution in [1.29, 1.82) is 0 Å². The van der Waals surface area contributed by atoms with Crippen LogP contribution < -0.4 is 5.32 Å². The fraction of sp³-hybridized carbons (Fsp3) is 0.188. The normalized spacial score (nSPS) is 12.5. The first-order valence-electron chi connectivity index (χ1n) is 7.01. The number of nitro groups is 1. The number of nitrogens with zero attached hydrogens (tertiary/aromatic N) is 1. The Labute approximate surface area is 145 Å². The molecule has 0 spiro atoms. The lowest BCUT2D eigenvalue weighted by atomic mass is 10.1. The zero-order valence-electron chi connectivity index (χ0n) is 12.8. The molecular formula is C16H12ClF3N2O3. The van der Waals surface area contributed by atoms with E-state index in [1.54, 1.807) is 6.92 Å². The number of alkyl halides is 3. The molecule has 0 fully saturated rings. The molecule has 5 nitrogen and oxygen atoms in total. The van der Waals surface area contributed by atoms with E-state index >= 15 is 0 Å². The number of non-ortho nitro benzene ring substituents is 1. The topological polar surface area (TPSA) is 72.2 Å². The predicted molar refractivity (Wildman–Crippen MR) is 85.4 cm³/mol. The summed E-state index contributed by atoms with van der Waals surface area (Å²) in [5, 5.41) is 13.2. The first-order chi connectivity index (χ1) is 11.6. The van der Waals surface area contributed by atoms with Gasteiger partial charge in [-0.2, -0.15) is 13.2 Å². The number of carbonyl (C=O) groups excluding carboxylic acids is 1. The lowest BCUT2D eigenvalue weighted by Gasteiger charge is -2.16. The molecule has 0 aliphatic rings. The number of halogens is 4. The van der Waals surface area contributed by atoms with Gasteiger partial charge in [0, 0.05) is 12.1 Å². The lowest BCUT2D eigenvalue weighted by Crippen LogP contribution is -2.27. The highest BCUT2D eigenvalue weighted by Crippen LogP contribution is 2.30. The second kappa shape index (κ2) is 7.10. The van der Waals surface area contributed by atoms with Crippen LogP contribution in [0.5, 0.6) is 0 Å². The number of benzene rings is 2. The van der Waals surface area contributed by atoms with E-state index in [0.29, 0.717) is 5.56 Å². The number of amides is 1. The smallest absolute Gasteiger partial charge is 0.345 e. The molecule has 1 amide bonds. The number of carbonyl (C=O) groups is 1. The van der Waals surface area contributed by atoms with Crippen LogP contribution in [0.1, 0.15) is 34.5 Å². The van der Waals surface area contributed by atoms with Gasteiger partial charge in [-0.3, -0.25) is 14.9 Å². The van der Waals surface area contributed by atoms with E-state index in [-0.39, 0.29) is 16.3 Å². The average molecular weight is 373 g/mol. The first-order valence-corrected chi connectivity index (χ1v) is 7.39. The fourth-order valence-corrected chi connectivity index (χ4v) is 2.38. The maximum Gasteiger partial charge on any atom is 0.416 e. The van der Waals surface area contributed by atoms with E-state index in [9.17, 15) is 28.1 Å². The summed E-state index contributed by atoms with van der Waals surface area (Å²) in [5.74, 6) is -0.590. The largest absolute Gasteiger partial charge is 0.416 e. The van der Waals surface area contributed by atoms with Gasteiger partial charge in [-0.1, -0.05) is 23.7 Å². The molecule has 2 rings (SSSR count). The SMILES string of the molecule is CC(NC(=O)c1ccc([N+](=O)[O-])cc1Cl)c1ccc(C(F)(F)F)cc1. The maximum atomic E-state index is 12.6. The number of hydrogen-bond donors (Lipinski definition) is 1. The third-order valence-corrected chi connectivity index (χ3v) is 3.81. The highest BCUT2D eigenvalue weighted by Gasteiger charge is 2.30. The molecule has 25 heavy (non-hydrogen) atoms. The van der Waals surface area contributed by atoms with Crippen molar-refractivity contribution in [2.24, 2.45) is 0 Å². The summed E-state index contributed by atoms with van der Waals surface area (Å²) in [6, 6.07) is 7.23. The molecule has 0 aromatic heterocycles. The van der Waals surface area contributed by atoms with Crippen LogP contribution in [0.2, 0.25) is 5.02 Å². The summed E-state index contributed by atoms with van der Waals surface area (Å²) in [6.07, 6.45) is -4.43. The monoisotopic (exact) mass is 372 g/mol. The minimum atomic E-state index is -4.43.